The van der Waals surface area contributed by atoms with E-state index in [1.165, 1.54) is 29.1 Å². The van der Waals surface area contributed by atoms with Crippen LogP contribution in [0.25, 0.3) is 0 Å². The summed E-state index contributed by atoms with van der Waals surface area (Å²) in [5, 5.41) is 4.72. The number of aryl methyl sites for hydroxylation is 1. The van der Waals surface area contributed by atoms with Crippen LogP contribution in [0.4, 0.5) is 10.1 Å². The Morgan fingerprint density at radius 2 is 1.92 bits per heavy atom. The number of nitrogens with zero attached hydrogens (tertiary/aromatic N) is 1. The molecule has 0 bridgehead atoms. The van der Waals surface area contributed by atoms with Crippen molar-refractivity contribution >= 4 is 28.8 Å². The largest absolute Gasteiger partial charge is 0.331 e. The molecule has 0 spiro atoms. The third kappa shape index (κ3) is 6.31. The highest BCUT2D eigenvalue weighted by Gasteiger charge is 2.20. The highest BCUT2D eigenvalue weighted by atomic mass is 32.1. The molecule has 2 aromatic rings. The number of hydrogen-bond donors (Lipinski definition) is 1. The van der Waals surface area contributed by atoms with Crippen molar-refractivity contribution in [1.29, 1.82) is 0 Å². The number of rotatable bonds is 8. The summed E-state index contributed by atoms with van der Waals surface area (Å²) in [7, 11) is 0. The first-order valence-electron chi connectivity index (χ1n) is 8.33. The van der Waals surface area contributed by atoms with Crippen LogP contribution in [0.5, 0.6) is 0 Å². The Morgan fingerprint density at radius 1 is 1.20 bits per heavy atom. The molecule has 0 fully saturated rings. The molecule has 134 valence electrons. The smallest absolute Gasteiger partial charge is 0.244 e. The van der Waals surface area contributed by atoms with Gasteiger partial charge in [-0.05, 0) is 62.4 Å². The van der Waals surface area contributed by atoms with Crippen LogP contribution in [-0.4, -0.2) is 29.3 Å². The van der Waals surface area contributed by atoms with E-state index < -0.39 is 0 Å². The molecule has 25 heavy (non-hydrogen) atoms. The Bertz CT molecular complexity index is 684. The quantitative estimate of drug-likeness (QED) is 0.769. The summed E-state index contributed by atoms with van der Waals surface area (Å²) in [6.07, 6.45) is 2.05. The number of anilines is 1. The van der Waals surface area contributed by atoms with Crippen LogP contribution < -0.4 is 5.32 Å². The second-order valence-electron chi connectivity index (χ2n) is 6.10. The molecular weight excluding hydrogens is 339 g/mol. The van der Waals surface area contributed by atoms with Gasteiger partial charge in [0, 0.05) is 23.0 Å². The van der Waals surface area contributed by atoms with E-state index in [9.17, 15) is 14.0 Å². The summed E-state index contributed by atoms with van der Waals surface area (Å²) in [4.78, 5) is 27.5. The summed E-state index contributed by atoms with van der Waals surface area (Å²) in [5.41, 5.74) is 0.514. The van der Waals surface area contributed by atoms with Crippen molar-refractivity contribution in [3.8, 4) is 0 Å². The van der Waals surface area contributed by atoms with Gasteiger partial charge in [-0.2, -0.15) is 0 Å². The molecule has 1 aromatic heterocycles. The third-order valence-electron chi connectivity index (χ3n) is 3.78. The molecule has 4 nitrogen and oxygen atoms in total. The van der Waals surface area contributed by atoms with Gasteiger partial charge < -0.3 is 10.2 Å². The standard InChI is InChI=1S/C19H23FN2O2S/c1-14(2)22(19(24)7-3-5-17-6-4-12-25-17)13-18(23)21-16-10-8-15(20)9-11-16/h4,6,8-12,14H,3,5,7,13H2,1-2H3,(H,21,23). The molecule has 6 heteroatoms. The average Bonchev–Trinajstić information content (AvgIpc) is 3.08. The molecule has 0 atom stereocenters. The van der Waals surface area contributed by atoms with E-state index in [4.69, 9.17) is 0 Å². The Labute approximate surface area is 151 Å². The van der Waals surface area contributed by atoms with Gasteiger partial charge in [-0.1, -0.05) is 6.07 Å². The predicted molar refractivity (Wildman–Crippen MR) is 99.1 cm³/mol. The highest BCUT2D eigenvalue weighted by Crippen LogP contribution is 2.14. The van der Waals surface area contributed by atoms with Crippen molar-refractivity contribution in [3.63, 3.8) is 0 Å². The third-order valence-corrected chi connectivity index (χ3v) is 4.72. The molecule has 0 saturated carbocycles. The molecule has 2 amide bonds. The molecule has 0 radical (unpaired) electrons. The minimum atomic E-state index is -0.359. The van der Waals surface area contributed by atoms with Gasteiger partial charge in [-0.3, -0.25) is 9.59 Å². The maximum atomic E-state index is 12.9. The van der Waals surface area contributed by atoms with Gasteiger partial charge in [-0.25, -0.2) is 4.39 Å². The molecule has 0 aliphatic rings. The van der Waals surface area contributed by atoms with E-state index in [0.29, 0.717) is 12.1 Å². The van der Waals surface area contributed by atoms with Crippen LogP contribution >= 0.6 is 11.3 Å². The van der Waals surface area contributed by atoms with E-state index in [-0.39, 0.29) is 30.2 Å². The van der Waals surface area contributed by atoms with E-state index in [1.807, 2.05) is 25.3 Å². The molecule has 0 aliphatic carbocycles. The van der Waals surface area contributed by atoms with Gasteiger partial charge in [-0.15, -0.1) is 11.3 Å². The van der Waals surface area contributed by atoms with Crippen molar-refractivity contribution in [3.05, 3.63) is 52.5 Å². The maximum Gasteiger partial charge on any atom is 0.244 e. The van der Waals surface area contributed by atoms with Crippen LogP contribution in [0.15, 0.2) is 41.8 Å². The van der Waals surface area contributed by atoms with Crippen LogP contribution in [0.2, 0.25) is 0 Å². The molecule has 2 rings (SSSR count). The number of hydrogen-bond acceptors (Lipinski definition) is 3. The summed E-state index contributed by atoms with van der Waals surface area (Å²) >= 11 is 1.69. The van der Waals surface area contributed by atoms with Crippen molar-refractivity contribution in [1.82, 2.24) is 4.90 Å². The van der Waals surface area contributed by atoms with Crippen LogP contribution in [0, 0.1) is 5.82 Å². The zero-order chi connectivity index (χ0) is 18.2. The van der Waals surface area contributed by atoms with Crippen LogP contribution in [0.3, 0.4) is 0 Å². The van der Waals surface area contributed by atoms with Gasteiger partial charge in [0.15, 0.2) is 0 Å². The first-order chi connectivity index (χ1) is 12.0. The van der Waals surface area contributed by atoms with Crippen LogP contribution in [-0.2, 0) is 16.0 Å². The van der Waals surface area contributed by atoms with E-state index in [0.717, 1.165) is 12.8 Å². The SMILES string of the molecule is CC(C)N(CC(=O)Nc1ccc(F)cc1)C(=O)CCCc1cccs1. The average molecular weight is 362 g/mol. The number of carbonyl (C=O) groups excluding carboxylic acids is 2. The molecule has 0 aliphatic heterocycles. The molecule has 1 N–H and O–H groups in total. The van der Waals surface area contributed by atoms with Crippen molar-refractivity contribution in [2.24, 2.45) is 0 Å². The fourth-order valence-electron chi connectivity index (χ4n) is 2.46. The lowest BCUT2D eigenvalue weighted by molar-refractivity contribution is -0.136. The van der Waals surface area contributed by atoms with E-state index in [2.05, 4.69) is 11.4 Å². The number of nitrogens with one attached hydrogen (secondary N) is 1. The second kappa shape index (κ2) is 9.32. The first-order valence-corrected chi connectivity index (χ1v) is 9.21. The van der Waals surface area contributed by atoms with Gasteiger partial charge in [0.1, 0.15) is 12.4 Å². The van der Waals surface area contributed by atoms with Gasteiger partial charge in [0.2, 0.25) is 11.8 Å². The van der Waals surface area contributed by atoms with Crippen molar-refractivity contribution < 1.29 is 14.0 Å². The summed E-state index contributed by atoms with van der Waals surface area (Å²) in [6.45, 7) is 3.78. The summed E-state index contributed by atoms with van der Waals surface area (Å²) < 4.78 is 12.9. The molecular formula is C19H23FN2O2S. The number of amides is 2. The van der Waals surface area contributed by atoms with E-state index >= 15 is 0 Å². The molecule has 1 heterocycles. The zero-order valence-electron chi connectivity index (χ0n) is 14.5. The number of benzene rings is 1. The van der Waals surface area contributed by atoms with Gasteiger partial charge in [0.05, 0.1) is 0 Å². The lowest BCUT2D eigenvalue weighted by atomic mass is 10.2. The fourth-order valence-corrected chi connectivity index (χ4v) is 3.21. The first kappa shape index (κ1) is 19.1. The second-order valence-corrected chi connectivity index (χ2v) is 7.14. The van der Waals surface area contributed by atoms with Crippen molar-refractivity contribution in [2.75, 3.05) is 11.9 Å². The Morgan fingerprint density at radius 3 is 2.52 bits per heavy atom. The van der Waals surface area contributed by atoms with Crippen LogP contribution in [0.1, 0.15) is 31.6 Å². The maximum absolute atomic E-state index is 12.9. The summed E-state index contributed by atoms with van der Waals surface area (Å²) in [6, 6.07) is 9.56. The summed E-state index contributed by atoms with van der Waals surface area (Å²) in [5.74, 6) is -0.671. The molecule has 0 saturated heterocycles. The lowest BCUT2D eigenvalue weighted by Crippen LogP contribution is -2.42. The normalized spacial score (nSPS) is 10.7. The zero-order valence-corrected chi connectivity index (χ0v) is 15.3. The van der Waals surface area contributed by atoms with Gasteiger partial charge >= 0.3 is 0 Å². The highest BCUT2D eigenvalue weighted by molar-refractivity contribution is 7.09. The fraction of sp³-hybridized carbons (Fsp3) is 0.368. The number of thiophene rings is 1. The molecule has 1 aromatic carbocycles. The minimum absolute atomic E-state index is 0.00707. The van der Waals surface area contributed by atoms with Gasteiger partial charge in [0.25, 0.3) is 0 Å². The predicted octanol–water partition coefficient (Wildman–Crippen LogP) is 4.09. The topological polar surface area (TPSA) is 49.4 Å². The Kier molecular flexibility index (Phi) is 7.13. The Balaban J connectivity index is 1.84. The number of halogens is 1. The van der Waals surface area contributed by atoms with E-state index in [1.54, 1.807) is 16.2 Å². The minimum Gasteiger partial charge on any atom is -0.331 e. The lowest BCUT2D eigenvalue weighted by Gasteiger charge is -2.26. The Hall–Kier alpha value is -2.21. The number of carbonyl (C=O) groups is 2. The molecule has 0 unspecified atom stereocenters. The van der Waals surface area contributed by atoms with Crippen molar-refractivity contribution in [2.45, 2.75) is 39.2 Å². The monoisotopic (exact) mass is 362 g/mol.